The molecule has 1 amide bonds. The van der Waals surface area contributed by atoms with Crippen molar-refractivity contribution in [3.8, 4) is 0 Å². The van der Waals surface area contributed by atoms with Crippen LogP contribution in [0.5, 0.6) is 0 Å². The number of halogens is 2. The van der Waals surface area contributed by atoms with Gasteiger partial charge in [-0.25, -0.2) is 8.78 Å². The smallest absolute Gasteiger partial charge is 0.305 e. The highest BCUT2D eigenvalue weighted by molar-refractivity contribution is 5.83. The minimum Gasteiger partial charge on any atom is -0.481 e. The Labute approximate surface area is 144 Å². The Hall–Kier alpha value is -2.02. The van der Waals surface area contributed by atoms with Gasteiger partial charge in [-0.1, -0.05) is 6.07 Å². The average molecular weight is 353 g/mol. The molecule has 1 aromatic rings. The van der Waals surface area contributed by atoms with E-state index in [9.17, 15) is 18.4 Å². The van der Waals surface area contributed by atoms with E-state index in [1.807, 2.05) is 0 Å². The van der Waals surface area contributed by atoms with Gasteiger partial charge in [-0.2, -0.15) is 0 Å². The van der Waals surface area contributed by atoms with Gasteiger partial charge < -0.3 is 14.7 Å². The number of aliphatic carboxylic acids is 1. The fourth-order valence-corrected chi connectivity index (χ4v) is 3.44. The summed E-state index contributed by atoms with van der Waals surface area (Å²) in [7, 11) is 0. The minimum atomic E-state index is -0.988. The summed E-state index contributed by atoms with van der Waals surface area (Å²) in [6, 6.07) is 3.67. The zero-order chi connectivity index (χ0) is 18.0. The van der Waals surface area contributed by atoms with Crippen molar-refractivity contribution >= 4 is 11.9 Å². The highest BCUT2D eigenvalue weighted by Crippen LogP contribution is 2.50. The van der Waals surface area contributed by atoms with E-state index in [1.165, 1.54) is 23.1 Å². The normalized spacial score (nSPS) is 25.0. The fraction of sp³-hybridized carbons (Fsp3) is 0.556. The lowest BCUT2D eigenvalue weighted by Gasteiger charge is -2.25. The van der Waals surface area contributed by atoms with Gasteiger partial charge in [0, 0.05) is 37.1 Å². The van der Waals surface area contributed by atoms with E-state index in [-0.39, 0.29) is 30.5 Å². The molecule has 5 nitrogen and oxygen atoms in total. The number of carbonyl (C=O) groups is 2. The van der Waals surface area contributed by atoms with Crippen LogP contribution in [0.3, 0.4) is 0 Å². The Morgan fingerprint density at radius 3 is 2.60 bits per heavy atom. The van der Waals surface area contributed by atoms with Crippen molar-refractivity contribution in [2.75, 3.05) is 19.7 Å². The van der Waals surface area contributed by atoms with Crippen LogP contribution in [0, 0.1) is 17.6 Å². The van der Waals surface area contributed by atoms with Crippen LogP contribution < -0.4 is 0 Å². The molecule has 0 radical (unpaired) electrons. The number of ether oxygens (including phenoxy) is 1. The number of hydrogen-bond acceptors (Lipinski definition) is 3. The van der Waals surface area contributed by atoms with Crippen LogP contribution in [-0.2, 0) is 14.3 Å². The first-order valence-corrected chi connectivity index (χ1v) is 8.53. The maximum Gasteiger partial charge on any atom is 0.305 e. The molecule has 0 bridgehead atoms. The van der Waals surface area contributed by atoms with E-state index in [0.29, 0.717) is 19.6 Å². The first-order chi connectivity index (χ1) is 12.0. The van der Waals surface area contributed by atoms with E-state index < -0.39 is 29.4 Å². The third-order valence-electron chi connectivity index (χ3n) is 4.83. The molecule has 3 atom stereocenters. The largest absolute Gasteiger partial charge is 0.481 e. The number of carboxylic acid groups (broad SMARTS) is 1. The Bertz CT molecular complexity index is 640. The standard InChI is InChI=1S/C18H21F2NO4/c19-14-4-1-5-15(20)17(14)12-9-13(12)18(24)21(7-6-16(22)23)10-11-3-2-8-25-11/h1,4-5,11-13H,2-3,6-10H2,(H,22,23)/t11-,12+,13+/m0/s1. The van der Waals surface area contributed by atoms with Crippen molar-refractivity contribution in [1.82, 2.24) is 4.90 Å². The van der Waals surface area contributed by atoms with E-state index in [1.54, 1.807) is 0 Å². The number of amides is 1. The molecule has 1 saturated heterocycles. The van der Waals surface area contributed by atoms with E-state index in [4.69, 9.17) is 9.84 Å². The van der Waals surface area contributed by atoms with Gasteiger partial charge in [-0.15, -0.1) is 0 Å². The molecule has 0 spiro atoms. The summed E-state index contributed by atoms with van der Waals surface area (Å²) in [6.45, 7) is 1.05. The average Bonchev–Trinajstić information content (AvgIpc) is 3.16. The van der Waals surface area contributed by atoms with Crippen LogP contribution in [0.15, 0.2) is 18.2 Å². The summed E-state index contributed by atoms with van der Waals surface area (Å²) in [5.74, 6) is -3.50. The number of benzene rings is 1. The molecular weight excluding hydrogens is 332 g/mol. The van der Waals surface area contributed by atoms with E-state index in [0.717, 1.165) is 12.8 Å². The van der Waals surface area contributed by atoms with Gasteiger partial charge in [0.25, 0.3) is 0 Å². The molecule has 1 saturated carbocycles. The number of rotatable bonds is 7. The first-order valence-electron chi connectivity index (χ1n) is 8.53. The van der Waals surface area contributed by atoms with Crippen LogP contribution in [0.25, 0.3) is 0 Å². The lowest BCUT2D eigenvalue weighted by molar-refractivity contribution is -0.139. The summed E-state index contributed by atoms with van der Waals surface area (Å²) < 4.78 is 33.3. The van der Waals surface area contributed by atoms with Crippen LogP contribution in [-0.4, -0.2) is 47.7 Å². The predicted molar refractivity (Wildman–Crippen MR) is 85.0 cm³/mol. The van der Waals surface area contributed by atoms with Gasteiger partial charge in [-0.05, 0) is 31.4 Å². The monoisotopic (exact) mass is 353 g/mol. The maximum atomic E-state index is 13.9. The van der Waals surface area contributed by atoms with Gasteiger partial charge in [-0.3, -0.25) is 9.59 Å². The van der Waals surface area contributed by atoms with Gasteiger partial charge in [0.1, 0.15) is 11.6 Å². The third-order valence-corrected chi connectivity index (χ3v) is 4.83. The number of carboxylic acids is 1. The highest BCUT2D eigenvalue weighted by atomic mass is 19.1. The van der Waals surface area contributed by atoms with Gasteiger partial charge in [0.2, 0.25) is 5.91 Å². The number of nitrogens with zero attached hydrogens (tertiary/aromatic N) is 1. The second-order valence-electron chi connectivity index (χ2n) is 6.65. The van der Waals surface area contributed by atoms with Crippen molar-refractivity contribution in [2.45, 2.75) is 37.7 Å². The fourth-order valence-electron chi connectivity index (χ4n) is 3.44. The second-order valence-corrected chi connectivity index (χ2v) is 6.65. The molecular formula is C18H21F2NO4. The topological polar surface area (TPSA) is 66.8 Å². The van der Waals surface area contributed by atoms with Gasteiger partial charge in [0.15, 0.2) is 0 Å². The summed E-state index contributed by atoms with van der Waals surface area (Å²) in [5.41, 5.74) is -0.0452. The van der Waals surface area contributed by atoms with Crippen LogP contribution >= 0.6 is 0 Å². The molecule has 1 aliphatic carbocycles. The third kappa shape index (κ3) is 4.15. The second kappa shape index (κ2) is 7.47. The van der Waals surface area contributed by atoms with Crippen LogP contribution in [0.1, 0.15) is 37.2 Å². The summed E-state index contributed by atoms with van der Waals surface area (Å²) >= 11 is 0. The Kier molecular flexibility index (Phi) is 5.32. The van der Waals surface area contributed by atoms with Crippen LogP contribution in [0.4, 0.5) is 8.78 Å². The van der Waals surface area contributed by atoms with E-state index >= 15 is 0 Å². The molecule has 1 N–H and O–H groups in total. The molecule has 136 valence electrons. The zero-order valence-corrected chi connectivity index (χ0v) is 13.8. The van der Waals surface area contributed by atoms with Crippen molar-refractivity contribution in [3.05, 3.63) is 35.4 Å². The van der Waals surface area contributed by atoms with Crippen molar-refractivity contribution in [1.29, 1.82) is 0 Å². The summed E-state index contributed by atoms with van der Waals surface area (Å²) in [4.78, 5) is 25.1. The Morgan fingerprint density at radius 2 is 2.00 bits per heavy atom. The van der Waals surface area contributed by atoms with Crippen LogP contribution in [0.2, 0.25) is 0 Å². The zero-order valence-electron chi connectivity index (χ0n) is 13.8. The first kappa shape index (κ1) is 17.8. The van der Waals surface area contributed by atoms with E-state index in [2.05, 4.69) is 0 Å². The van der Waals surface area contributed by atoms with Gasteiger partial charge >= 0.3 is 5.97 Å². The molecule has 0 unspecified atom stereocenters. The molecule has 1 aliphatic heterocycles. The molecule has 7 heteroatoms. The lowest BCUT2D eigenvalue weighted by Crippen LogP contribution is -2.40. The molecule has 0 aromatic heterocycles. The van der Waals surface area contributed by atoms with Crippen molar-refractivity contribution in [2.24, 2.45) is 5.92 Å². The summed E-state index contributed by atoms with van der Waals surface area (Å²) in [5, 5.41) is 8.89. The Morgan fingerprint density at radius 1 is 1.28 bits per heavy atom. The quantitative estimate of drug-likeness (QED) is 0.818. The van der Waals surface area contributed by atoms with Crippen molar-refractivity contribution in [3.63, 3.8) is 0 Å². The Balaban J connectivity index is 1.68. The molecule has 25 heavy (non-hydrogen) atoms. The predicted octanol–water partition coefficient (Wildman–Crippen LogP) is 2.55. The van der Waals surface area contributed by atoms with Gasteiger partial charge in [0.05, 0.1) is 12.5 Å². The minimum absolute atomic E-state index is 0.0452. The molecule has 2 fully saturated rings. The highest BCUT2D eigenvalue weighted by Gasteiger charge is 2.48. The molecule has 2 aliphatic rings. The lowest BCUT2D eigenvalue weighted by atomic mass is 10.1. The van der Waals surface area contributed by atoms with Crippen molar-refractivity contribution < 1.29 is 28.2 Å². The maximum absolute atomic E-state index is 13.9. The number of carbonyl (C=O) groups excluding carboxylic acids is 1. The summed E-state index contributed by atoms with van der Waals surface area (Å²) in [6.07, 6.45) is 1.86. The molecule has 1 heterocycles. The molecule has 1 aromatic carbocycles. The molecule has 3 rings (SSSR count). The SMILES string of the molecule is O=C(O)CCN(C[C@@H]1CCCO1)C(=O)[C@@H]1C[C@H]1c1c(F)cccc1F. The number of hydrogen-bond donors (Lipinski definition) is 1.